The van der Waals surface area contributed by atoms with E-state index in [1.54, 1.807) is 10.3 Å². The minimum atomic E-state index is -1.72. The van der Waals surface area contributed by atoms with E-state index in [-0.39, 0.29) is 31.8 Å². The van der Waals surface area contributed by atoms with Gasteiger partial charge in [0.15, 0.2) is 5.60 Å². The second-order valence-electron chi connectivity index (χ2n) is 5.92. The molecule has 7 heteroatoms. The number of hydrogen-bond acceptors (Lipinski definition) is 5. The van der Waals surface area contributed by atoms with Gasteiger partial charge in [0, 0.05) is 37.7 Å². The van der Waals surface area contributed by atoms with Gasteiger partial charge in [-0.3, -0.25) is 4.79 Å². The van der Waals surface area contributed by atoms with E-state index in [1.807, 2.05) is 30.3 Å². The molecular weight excluding hydrogens is 328 g/mol. The average Bonchev–Trinajstić information content (AvgIpc) is 3.04. The van der Waals surface area contributed by atoms with Crippen LogP contribution in [0, 0.1) is 0 Å². The van der Waals surface area contributed by atoms with Crippen LogP contribution in [0.25, 0.3) is 0 Å². The molecule has 2 heterocycles. The Morgan fingerprint density at radius 2 is 1.88 bits per heavy atom. The summed E-state index contributed by atoms with van der Waals surface area (Å²) in [6.07, 6.45) is 0.752. The first-order valence-electron chi connectivity index (χ1n) is 7.71. The van der Waals surface area contributed by atoms with Crippen molar-refractivity contribution in [1.29, 1.82) is 0 Å². The highest BCUT2D eigenvalue weighted by atomic mass is 32.1. The molecule has 2 aromatic rings. The third-order valence-corrected chi connectivity index (χ3v) is 5.09. The van der Waals surface area contributed by atoms with Crippen molar-refractivity contribution in [1.82, 2.24) is 9.88 Å². The molecule has 0 unspecified atom stereocenters. The maximum atomic E-state index is 12.5. The molecule has 24 heavy (non-hydrogen) atoms. The number of carboxylic acids is 1. The average molecular weight is 346 g/mol. The lowest BCUT2D eigenvalue weighted by Crippen LogP contribution is -2.50. The zero-order valence-electron chi connectivity index (χ0n) is 13.0. The van der Waals surface area contributed by atoms with Gasteiger partial charge in [-0.1, -0.05) is 30.3 Å². The van der Waals surface area contributed by atoms with Crippen LogP contribution in [-0.2, 0) is 11.2 Å². The Balaban J connectivity index is 1.63. The van der Waals surface area contributed by atoms with Crippen LogP contribution in [0.3, 0.4) is 0 Å². The van der Waals surface area contributed by atoms with E-state index in [0.29, 0.717) is 12.1 Å². The van der Waals surface area contributed by atoms with E-state index in [9.17, 15) is 14.7 Å². The molecule has 1 fully saturated rings. The summed E-state index contributed by atoms with van der Waals surface area (Å²) in [5.74, 6) is -1.44. The quantitative estimate of drug-likeness (QED) is 0.881. The zero-order valence-corrected chi connectivity index (χ0v) is 13.8. The Bertz CT molecular complexity index is 736. The Hall–Kier alpha value is -2.25. The third kappa shape index (κ3) is 3.47. The van der Waals surface area contributed by atoms with Crippen molar-refractivity contribution >= 4 is 23.2 Å². The lowest BCUT2D eigenvalue weighted by Gasteiger charge is -2.34. The van der Waals surface area contributed by atoms with Gasteiger partial charge in [-0.2, -0.15) is 0 Å². The number of nitrogens with zero attached hydrogens (tertiary/aromatic N) is 2. The summed E-state index contributed by atoms with van der Waals surface area (Å²) in [5, 5.41) is 21.6. The summed E-state index contributed by atoms with van der Waals surface area (Å²) in [6, 6.07) is 9.91. The topological polar surface area (TPSA) is 90.7 Å². The van der Waals surface area contributed by atoms with Crippen molar-refractivity contribution in [3.63, 3.8) is 0 Å². The van der Waals surface area contributed by atoms with Gasteiger partial charge in [-0.05, 0) is 5.56 Å². The molecular formula is C17H18N2O4S. The molecule has 126 valence electrons. The fourth-order valence-electron chi connectivity index (χ4n) is 2.72. The van der Waals surface area contributed by atoms with Crippen LogP contribution in [0.2, 0.25) is 0 Å². The smallest absolute Gasteiger partial charge is 0.335 e. The lowest BCUT2D eigenvalue weighted by molar-refractivity contribution is -0.162. The number of thiazole rings is 1. The Morgan fingerprint density at radius 1 is 1.21 bits per heavy atom. The molecule has 0 saturated carbocycles. The van der Waals surface area contributed by atoms with Crippen LogP contribution in [0.1, 0.15) is 33.9 Å². The Kier molecular flexibility index (Phi) is 4.64. The first-order chi connectivity index (χ1) is 11.5. The number of amides is 1. The van der Waals surface area contributed by atoms with E-state index in [1.165, 1.54) is 11.3 Å². The van der Waals surface area contributed by atoms with Crippen LogP contribution >= 0.6 is 11.3 Å². The minimum absolute atomic E-state index is 0.0368. The summed E-state index contributed by atoms with van der Waals surface area (Å²) in [6.45, 7) is 0.431. The fraction of sp³-hybridized carbons (Fsp3) is 0.353. The maximum Gasteiger partial charge on any atom is 0.335 e. The van der Waals surface area contributed by atoms with Gasteiger partial charge in [0.2, 0.25) is 0 Å². The van der Waals surface area contributed by atoms with Crippen molar-refractivity contribution in [2.24, 2.45) is 0 Å². The number of likely N-dealkylation sites (tertiary alicyclic amines) is 1. The van der Waals surface area contributed by atoms with Gasteiger partial charge >= 0.3 is 5.97 Å². The number of carboxylic acid groups (broad SMARTS) is 1. The Morgan fingerprint density at radius 3 is 2.50 bits per heavy atom. The van der Waals surface area contributed by atoms with E-state index >= 15 is 0 Å². The third-order valence-electron chi connectivity index (χ3n) is 4.24. The maximum absolute atomic E-state index is 12.5. The van der Waals surface area contributed by atoms with Gasteiger partial charge in [-0.25, -0.2) is 9.78 Å². The number of benzene rings is 1. The highest BCUT2D eigenvalue weighted by Gasteiger charge is 2.40. The minimum Gasteiger partial charge on any atom is -0.479 e. The molecule has 0 aliphatic carbocycles. The van der Waals surface area contributed by atoms with E-state index in [0.717, 1.165) is 10.6 Å². The summed E-state index contributed by atoms with van der Waals surface area (Å²) in [5.41, 5.74) is -0.209. The number of rotatable bonds is 4. The highest BCUT2D eigenvalue weighted by molar-refractivity contribution is 7.09. The number of carbonyl (C=O) groups excluding carboxylic acids is 1. The van der Waals surface area contributed by atoms with Crippen molar-refractivity contribution < 1.29 is 19.8 Å². The number of aromatic nitrogens is 1. The van der Waals surface area contributed by atoms with Crippen molar-refractivity contribution in [3.8, 4) is 0 Å². The first kappa shape index (κ1) is 16.6. The molecule has 1 aromatic heterocycles. The zero-order chi connectivity index (χ0) is 17.2. The molecule has 6 nitrogen and oxygen atoms in total. The van der Waals surface area contributed by atoms with Crippen LogP contribution in [-0.4, -0.2) is 50.7 Å². The molecule has 3 rings (SSSR count). The van der Waals surface area contributed by atoms with E-state index in [2.05, 4.69) is 4.98 Å². The number of hydrogen-bond donors (Lipinski definition) is 2. The van der Waals surface area contributed by atoms with Crippen molar-refractivity contribution in [2.45, 2.75) is 24.9 Å². The molecule has 1 aliphatic heterocycles. The summed E-state index contributed by atoms with van der Waals surface area (Å²) in [7, 11) is 0. The molecule has 1 saturated heterocycles. The molecule has 0 atom stereocenters. The van der Waals surface area contributed by atoms with Gasteiger partial charge in [0.1, 0.15) is 5.69 Å². The largest absolute Gasteiger partial charge is 0.479 e. The molecule has 1 aliphatic rings. The molecule has 1 amide bonds. The predicted octanol–water partition coefficient (Wildman–Crippen LogP) is 1.79. The SMILES string of the molecule is O=C(c1csc(Cc2ccccc2)n1)N1CCC(O)(C(=O)O)CC1. The van der Waals surface area contributed by atoms with Crippen LogP contribution in [0.15, 0.2) is 35.7 Å². The van der Waals surface area contributed by atoms with Crippen LogP contribution in [0.5, 0.6) is 0 Å². The number of carbonyl (C=O) groups is 2. The Labute approximate surface area is 143 Å². The van der Waals surface area contributed by atoms with Gasteiger partial charge in [-0.15, -0.1) is 11.3 Å². The number of aliphatic hydroxyl groups is 1. The highest BCUT2D eigenvalue weighted by Crippen LogP contribution is 2.24. The summed E-state index contributed by atoms with van der Waals surface area (Å²) in [4.78, 5) is 29.5. The number of aliphatic carboxylic acids is 1. The lowest BCUT2D eigenvalue weighted by atomic mass is 9.91. The van der Waals surface area contributed by atoms with E-state index < -0.39 is 11.6 Å². The van der Waals surface area contributed by atoms with Crippen LogP contribution < -0.4 is 0 Å². The first-order valence-corrected chi connectivity index (χ1v) is 8.59. The van der Waals surface area contributed by atoms with Gasteiger partial charge < -0.3 is 15.1 Å². The summed E-state index contributed by atoms with van der Waals surface area (Å²) < 4.78 is 0. The van der Waals surface area contributed by atoms with E-state index in [4.69, 9.17) is 5.11 Å². The molecule has 0 spiro atoms. The summed E-state index contributed by atoms with van der Waals surface area (Å²) >= 11 is 1.44. The second-order valence-corrected chi connectivity index (χ2v) is 6.86. The normalized spacial score (nSPS) is 16.8. The number of piperidine rings is 1. The van der Waals surface area contributed by atoms with Gasteiger partial charge in [0.25, 0.3) is 5.91 Å². The van der Waals surface area contributed by atoms with Crippen molar-refractivity contribution in [2.75, 3.05) is 13.1 Å². The van der Waals surface area contributed by atoms with Crippen LogP contribution in [0.4, 0.5) is 0 Å². The van der Waals surface area contributed by atoms with Crippen molar-refractivity contribution in [3.05, 3.63) is 52.0 Å². The molecule has 0 bridgehead atoms. The predicted molar refractivity (Wildman–Crippen MR) is 89.1 cm³/mol. The second kappa shape index (κ2) is 6.70. The van der Waals surface area contributed by atoms with Gasteiger partial charge in [0.05, 0.1) is 5.01 Å². The molecule has 2 N–H and O–H groups in total. The standard InChI is InChI=1S/C17H18N2O4S/c20-15(19-8-6-17(23,7-9-19)16(21)22)13-11-24-14(18-13)10-12-4-2-1-3-5-12/h1-5,11,23H,6-10H2,(H,21,22). The fourth-order valence-corrected chi connectivity index (χ4v) is 3.52. The molecule has 1 aromatic carbocycles. The molecule has 0 radical (unpaired) electrons. The monoisotopic (exact) mass is 346 g/mol.